The van der Waals surface area contributed by atoms with E-state index in [9.17, 15) is 5.11 Å². The lowest BCUT2D eigenvalue weighted by Crippen LogP contribution is -2.49. The van der Waals surface area contributed by atoms with Gasteiger partial charge in [-0.15, -0.1) is 0 Å². The van der Waals surface area contributed by atoms with Gasteiger partial charge in [-0.3, -0.25) is 0 Å². The van der Waals surface area contributed by atoms with Gasteiger partial charge in [-0.2, -0.15) is 0 Å². The largest absolute Gasteiger partial charge is 0.388 e. The van der Waals surface area contributed by atoms with Crippen molar-refractivity contribution in [2.24, 2.45) is 5.92 Å². The minimum Gasteiger partial charge on any atom is -0.388 e. The van der Waals surface area contributed by atoms with Crippen molar-refractivity contribution in [3.8, 4) is 0 Å². The number of nitrogens with zero attached hydrogens (tertiary/aromatic N) is 1. The van der Waals surface area contributed by atoms with E-state index in [1.807, 2.05) is 0 Å². The van der Waals surface area contributed by atoms with Crippen molar-refractivity contribution in [3.63, 3.8) is 0 Å². The number of hydrogen-bond donors (Lipinski definition) is 1. The average Bonchev–Trinajstić information content (AvgIpc) is 1.86. The van der Waals surface area contributed by atoms with Crippen molar-refractivity contribution in [2.75, 3.05) is 20.1 Å². The smallest absolute Gasteiger partial charge is 0.0797 e. The molecular weight excluding hydrogens is 138 g/mol. The van der Waals surface area contributed by atoms with Gasteiger partial charge in [-0.05, 0) is 32.4 Å². The second kappa shape index (κ2) is 3.11. The monoisotopic (exact) mass is 157 g/mol. The van der Waals surface area contributed by atoms with E-state index in [-0.39, 0.29) is 0 Å². The summed E-state index contributed by atoms with van der Waals surface area (Å²) in [5.41, 5.74) is -0.424. The maximum atomic E-state index is 10.1. The Morgan fingerprint density at radius 1 is 1.45 bits per heavy atom. The van der Waals surface area contributed by atoms with Gasteiger partial charge in [0.05, 0.1) is 5.60 Å². The van der Waals surface area contributed by atoms with Gasteiger partial charge < -0.3 is 10.0 Å². The summed E-state index contributed by atoms with van der Waals surface area (Å²) in [6.45, 7) is 6.16. The maximum absolute atomic E-state index is 10.1. The van der Waals surface area contributed by atoms with Crippen LogP contribution in [0.5, 0.6) is 0 Å². The van der Waals surface area contributed by atoms with E-state index in [4.69, 9.17) is 0 Å². The first-order valence-corrected chi connectivity index (χ1v) is 4.45. The summed E-state index contributed by atoms with van der Waals surface area (Å²) in [5.74, 6) is 0.380. The molecule has 1 aliphatic heterocycles. The van der Waals surface area contributed by atoms with Crippen LogP contribution in [0.3, 0.4) is 0 Å². The molecule has 0 amide bonds. The van der Waals surface area contributed by atoms with Crippen molar-refractivity contribution >= 4 is 0 Å². The minimum atomic E-state index is -0.424. The third kappa shape index (κ3) is 1.94. The number of hydrogen-bond acceptors (Lipinski definition) is 2. The van der Waals surface area contributed by atoms with E-state index in [0.29, 0.717) is 5.92 Å². The van der Waals surface area contributed by atoms with Gasteiger partial charge >= 0.3 is 0 Å². The van der Waals surface area contributed by atoms with Crippen molar-refractivity contribution in [3.05, 3.63) is 0 Å². The van der Waals surface area contributed by atoms with Crippen LogP contribution >= 0.6 is 0 Å². The topological polar surface area (TPSA) is 23.5 Å². The van der Waals surface area contributed by atoms with Crippen molar-refractivity contribution in [1.82, 2.24) is 4.90 Å². The Bertz CT molecular complexity index is 136. The lowest BCUT2D eigenvalue weighted by Gasteiger charge is -2.40. The van der Waals surface area contributed by atoms with Gasteiger partial charge in [0.15, 0.2) is 0 Å². The van der Waals surface area contributed by atoms with Crippen molar-refractivity contribution < 1.29 is 5.11 Å². The van der Waals surface area contributed by atoms with Crippen LogP contribution in [-0.2, 0) is 0 Å². The third-order valence-electron chi connectivity index (χ3n) is 2.77. The standard InChI is InChI=1S/C9H19NO/c1-8(2)9(11)5-4-6-10(3)7-9/h8,11H,4-7H2,1-3H3/t9-/m0/s1. The molecule has 1 heterocycles. The van der Waals surface area contributed by atoms with Crippen molar-refractivity contribution in [1.29, 1.82) is 0 Å². The Morgan fingerprint density at radius 3 is 2.45 bits per heavy atom. The molecule has 0 aliphatic carbocycles. The van der Waals surface area contributed by atoms with Crippen molar-refractivity contribution in [2.45, 2.75) is 32.3 Å². The van der Waals surface area contributed by atoms with E-state index in [2.05, 4.69) is 25.8 Å². The van der Waals surface area contributed by atoms with Gasteiger partial charge in [0, 0.05) is 6.54 Å². The van der Waals surface area contributed by atoms with Gasteiger partial charge in [0.25, 0.3) is 0 Å². The second-order valence-electron chi connectivity index (χ2n) is 4.10. The Kier molecular flexibility index (Phi) is 2.55. The number of piperidine rings is 1. The van der Waals surface area contributed by atoms with E-state index in [1.54, 1.807) is 0 Å². The predicted octanol–water partition coefficient (Wildman–Crippen LogP) is 1.10. The number of rotatable bonds is 1. The lowest BCUT2D eigenvalue weighted by molar-refractivity contribution is -0.0583. The summed E-state index contributed by atoms with van der Waals surface area (Å²) in [6, 6.07) is 0. The Balaban J connectivity index is 2.55. The molecule has 0 saturated carbocycles. The summed E-state index contributed by atoms with van der Waals surface area (Å²) in [7, 11) is 2.08. The maximum Gasteiger partial charge on any atom is 0.0797 e. The molecule has 2 nitrogen and oxygen atoms in total. The molecule has 0 aromatic heterocycles. The normalized spacial score (nSPS) is 34.6. The SMILES string of the molecule is CC(C)[C@]1(O)CCCN(C)C1. The molecule has 1 saturated heterocycles. The van der Waals surface area contributed by atoms with Crippen LogP contribution in [0.25, 0.3) is 0 Å². The molecule has 0 aromatic rings. The fraction of sp³-hybridized carbons (Fsp3) is 1.00. The molecular formula is C9H19NO. The van der Waals surface area contributed by atoms with Crippen LogP contribution in [0.1, 0.15) is 26.7 Å². The van der Waals surface area contributed by atoms with Crippen LogP contribution < -0.4 is 0 Å². The van der Waals surface area contributed by atoms with Crippen LogP contribution in [0.4, 0.5) is 0 Å². The summed E-state index contributed by atoms with van der Waals surface area (Å²) < 4.78 is 0. The molecule has 11 heavy (non-hydrogen) atoms. The molecule has 0 unspecified atom stereocenters. The lowest BCUT2D eigenvalue weighted by atomic mass is 9.83. The fourth-order valence-corrected chi connectivity index (χ4v) is 1.75. The van der Waals surface area contributed by atoms with Crippen LogP contribution in [0.2, 0.25) is 0 Å². The zero-order valence-electron chi connectivity index (χ0n) is 7.80. The van der Waals surface area contributed by atoms with E-state index in [1.165, 1.54) is 0 Å². The Morgan fingerprint density at radius 2 is 2.09 bits per heavy atom. The minimum absolute atomic E-state index is 0.380. The average molecular weight is 157 g/mol. The first kappa shape index (κ1) is 9.01. The summed E-state index contributed by atoms with van der Waals surface area (Å²) in [6.07, 6.45) is 2.10. The van der Waals surface area contributed by atoms with Gasteiger partial charge in [-0.25, -0.2) is 0 Å². The van der Waals surface area contributed by atoms with E-state index in [0.717, 1.165) is 25.9 Å². The van der Waals surface area contributed by atoms with E-state index < -0.39 is 5.60 Å². The molecule has 1 atom stereocenters. The highest BCUT2D eigenvalue weighted by Gasteiger charge is 2.34. The predicted molar refractivity (Wildman–Crippen MR) is 46.5 cm³/mol. The zero-order valence-corrected chi connectivity index (χ0v) is 7.80. The number of β-amino-alcohol motifs (C(OH)–C–C–N with tert-alkyl or cyclic N) is 1. The zero-order chi connectivity index (χ0) is 8.48. The summed E-state index contributed by atoms with van der Waals surface area (Å²) in [5, 5.41) is 10.1. The molecule has 1 N–H and O–H groups in total. The first-order chi connectivity index (χ1) is 5.04. The fourth-order valence-electron chi connectivity index (χ4n) is 1.75. The molecule has 2 heteroatoms. The molecule has 66 valence electrons. The third-order valence-corrected chi connectivity index (χ3v) is 2.77. The highest BCUT2D eigenvalue weighted by molar-refractivity contribution is 4.88. The highest BCUT2D eigenvalue weighted by atomic mass is 16.3. The molecule has 1 fully saturated rings. The molecule has 0 spiro atoms. The number of likely N-dealkylation sites (tertiary alicyclic amines) is 1. The molecule has 0 bridgehead atoms. The number of likely N-dealkylation sites (N-methyl/N-ethyl adjacent to an activating group) is 1. The molecule has 1 rings (SSSR count). The van der Waals surface area contributed by atoms with Crippen LogP contribution in [0.15, 0.2) is 0 Å². The summed E-state index contributed by atoms with van der Waals surface area (Å²) >= 11 is 0. The van der Waals surface area contributed by atoms with E-state index >= 15 is 0 Å². The summed E-state index contributed by atoms with van der Waals surface area (Å²) in [4.78, 5) is 2.21. The highest BCUT2D eigenvalue weighted by Crippen LogP contribution is 2.27. The molecule has 1 aliphatic rings. The number of aliphatic hydroxyl groups is 1. The quantitative estimate of drug-likeness (QED) is 0.616. The molecule has 0 aromatic carbocycles. The Hall–Kier alpha value is -0.0800. The van der Waals surface area contributed by atoms with Crippen LogP contribution in [0, 0.1) is 5.92 Å². The second-order valence-corrected chi connectivity index (χ2v) is 4.10. The van der Waals surface area contributed by atoms with Gasteiger partial charge in [0.1, 0.15) is 0 Å². The first-order valence-electron chi connectivity index (χ1n) is 4.45. The van der Waals surface area contributed by atoms with Gasteiger partial charge in [-0.1, -0.05) is 13.8 Å². The van der Waals surface area contributed by atoms with Crippen LogP contribution in [-0.4, -0.2) is 35.7 Å². The molecule has 0 radical (unpaired) electrons. The van der Waals surface area contributed by atoms with Gasteiger partial charge in [0.2, 0.25) is 0 Å². The Labute approximate surface area is 69.2 Å².